The van der Waals surface area contributed by atoms with Gasteiger partial charge in [-0.05, 0) is 78.7 Å². The van der Waals surface area contributed by atoms with E-state index in [1.165, 1.54) is 17.7 Å². The molecule has 0 heterocycles. The minimum absolute atomic E-state index is 0. The number of hydrogen-bond acceptors (Lipinski definition) is 3. The van der Waals surface area contributed by atoms with Crippen LogP contribution in [0.25, 0.3) is 11.1 Å². The molecule has 1 aliphatic rings. The first kappa shape index (κ1) is 30.9. The van der Waals surface area contributed by atoms with Crippen molar-refractivity contribution in [1.29, 1.82) is 0 Å². The van der Waals surface area contributed by atoms with Gasteiger partial charge >= 0.3 is 0 Å². The normalized spacial score (nSPS) is 16.1. The molecule has 0 radical (unpaired) electrons. The van der Waals surface area contributed by atoms with Crippen LogP contribution in [-0.4, -0.2) is 30.4 Å². The van der Waals surface area contributed by atoms with Crippen molar-refractivity contribution in [2.24, 2.45) is 0 Å². The molecule has 1 fully saturated rings. The van der Waals surface area contributed by atoms with E-state index in [4.69, 9.17) is 0 Å². The van der Waals surface area contributed by atoms with Gasteiger partial charge in [-0.15, -0.1) is 12.4 Å². The molecule has 0 bridgehead atoms. The maximum Gasteiger partial charge on any atom is 0.251 e. The smallest absolute Gasteiger partial charge is 0.251 e. The maximum absolute atomic E-state index is 13.6. The summed E-state index contributed by atoms with van der Waals surface area (Å²) < 4.78 is 13.6. The van der Waals surface area contributed by atoms with Crippen molar-refractivity contribution in [2.75, 3.05) is 6.54 Å². The fraction of sp³-hybridized carbons (Fsp3) is 0.257. The van der Waals surface area contributed by atoms with Crippen LogP contribution in [0.1, 0.15) is 53.1 Å². The SMILES string of the molecule is Cl.O=C(NC(CCCCN[C@@H]1C[C@H]1c1ccccc1)C(=O)NCc1cccc(F)c1)c1ccc(-c2ccccc2)cc1. The molecule has 0 aliphatic heterocycles. The highest BCUT2D eigenvalue weighted by atomic mass is 35.5. The number of benzene rings is 4. The minimum Gasteiger partial charge on any atom is -0.350 e. The Hall–Kier alpha value is -4.00. The third kappa shape index (κ3) is 8.75. The lowest BCUT2D eigenvalue weighted by Crippen LogP contribution is -2.46. The Morgan fingerprint density at radius 3 is 2.21 bits per heavy atom. The highest BCUT2D eigenvalue weighted by Crippen LogP contribution is 2.40. The number of halogens is 2. The first-order valence-corrected chi connectivity index (χ1v) is 14.3. The molecule has 1 aliphatic carbocycles. The standard InChI is InChI=1S/C35H36FN3O2.ClH/c36-30-15-9-10-25(22-30)24-38-35(41)32(16-7-8-21-37-33-23-31(33)28-13-5-2-6-14-28)39-34(40)29-19-17-27(18-20-29)26-11-3-1-4-12-26;/h1-6,9-15,17-20,22,31-33,37H,7-8,16,21,23-24H2,(H,38,41)(H,39,40);1H/t31-,32?,33+;/m0./s1. The molecule has 0 spiro atoms. The maximum atomic E-state index is 13.6. The summed E-state index contributed by atoms with van der Waals surface area (Å²) in [5.74, 6) is -0.344. The zero-order valence-electron chi connectivity index (χ0n) is 23.5. The van der Waals surface area contributed by atoms with E-state index in [9.17, 15) is 14.0 Å². The molecule has 4 aromatic carbocycles. The summed E-state index contributed by atoms with van der Waals surface area (Å²) in [7, 11) is 0. The summed E-state index contributed by atoms with van der Waals surface area (Å²) in [5, 5.41) is 9.43. The van der Waals surface area contributed by atoms with Gasteiger partial charge < -0.3 is 16.0 Å². The van der Waals surface area contributed by atoms with Crippen LogP contribution in [0.3, 0.4) is 0 Å². The summed E-state index contributed by atoms with van der Waals surface area (Å²) in [5.41, 5.74) is 4.63. The molecular formula is C35H37ClFN3O2. The lowest BCUT2D eigenvalue weighted by Gasteiger charge is -2.19. The highest BCUT2D eigenvalue weighted by molar-refractivity contribution is 5.97. The Labute approximate surface area is 253 Å². The van der Waals surface area contributed by atoms with Gasteiger partial charge in [0.2, 0.25) is 5.91 Å². The fourth-order valence-corrected chi connectivity index (χ4v) is 5.16. The second-order valence-electron chi connectivity index (χ2n) is 10.6. The van der Waals surface area contributed by atoms with Crippen LogP contribution in [0, 0.1) is 5.82 Å². The number of rotatable bonds is 13. The number of amides is 2. The van der Waals surface area contributed by atoms with E-state index in [0.717, 1.165) is 36.9 Å². The van der Waals surface area contributed by atoms with Gasteiger partial charge in [-0.25, -0.2) is 4.39 Å². The molecule has 5 nitrogen and oxygen atoms in total. The summed E-state index contributed by atoms with van der Waals surface area (Å²) in [6.45, 7) is 1.05. The molecule has 7 heteroatoms. The largest absolute Gasteiger partial charge is 0.350 e. The highest BCUT2D eigenvalue weighted by Gasteiger charge is 2.37. The van der Waals surface area contributed by atoms with Gasteiger partial charge in [-0.2, -0.15) is 0 Å². The summed E-state index contributed by atoms with van der Waals surface area (Å²) in [6, 6.07) is 33.9. The van der Waals surface area contributed by atoms with Crippen molar-refractivity contribution >= 4 is 24.2 Å². The average molecular weight is 586 g/mol. The first-order chi connectivity index (χ1) is 20.1. The van der Waals surface area contributed by atoms with E-state index in [1.54, 1.807) is 24.3 Å². The predicted molar refractivity (Wildman–Crippen MR) is 168 cm³/mol. The quantitative estimate of drug-likeness (QED) is 0.154. The zero-order chi connectivity index (χ0) is 28.4. The van der Waals surface area contributed by atoms with Gasteiger partial charge in [-0.3, -0.25) is 9.59 Å². The van der Waals surface area contributed by atoms with E-state index in [0.29, 0.717) is 29.5 Å². The van der Waals surface area contributed by atoms with Crippen LogP contribution in [0.2, 0.25) is 0 Å². The van der Waals surface area contributed by atoms with Crippen LogP contribution in [0.4, 0.5) is 4.39 Å². The Balaban J connectivity index is 0.00000405. The number of carbonyl (C=O) groups excluding carboxylic acids is 2. The van der Waals surface area contributed by atoms with Gasteiger partial charge in [0.25, 0.3) is 5.91 Å². The van der Waals surface area contributed by atoms with Crippen molar-refractivity contribution < 1.29 is 14.0 Å². The fourth-order valence-electron chi connectivity index (χ4n) is 5.16. The lowest BCUT2D eigenvalue weighted by atomic mass is 10.0. The number of carbonyl (C=O) groups is 2. The van der Waals surface area contributed by atoms with Crippen LogP contribution in [-0.2, 0) is 11.3 Å². The molecule has 218 valence electrons. The van der Waals surface area contributed by atoms with Crippen LogP contribution >= 0.6 is 12.4 Å². The van der Waals surface area contributed by atoms with Crippen LogP contribution in [0.5, 0.6) is 0 Å². The van der Waals surface area contributed by atoms with Crippen molar-refractivity contribution in [1.82, 2.24) is 16.0 Å². The third-order valence-electron chi connectivity index (χ3n) is 7.58. The van der Waals surface area contributed by atoms with Gasteiger partial charge in [-0.1, -0.05) is 84.9 Å². The van der Waals surface area contributed by atoms with E-state index < -0.39 is 6.04 Å². The zero-order valence-corrected chi connectivity index (χ0v) is 24.3. The molecule has 2 amide bonds. The molecule has 5 rings (SSSR count). The Bertz CT molecular complexity index is 1430. The molecule has 3 atom stereocenters. The van der Waals surface area contributed by atoms with Crippen LogP contribution in [0.15, 0.2) is 109 Å². The average Bonchev–Trinajstić information content (AvgIpc) is 3.80. The first-order valence-electron chi connectivity index (χ1n) is 14.3. The van der Waals surface area contributed by atoms with Gasteiger partial charge in [0.1, 0.15) is 11.9 Å². The monoisotopic (exact) mass is 585 g/mol. The van der Waals surface area contributed by atoms with Gasteiger partial charge in [0.05, 0.1) is 0 Å². The topological polar surface area (TPSA) is 70.2 Å². The van der Waals surface area contributed by atoms with Crippen molar-refractivity contribution in [3.8, 4) is 11.1 Å². The molecule has 0 saturated heterocycles. The Morgan fingerprint density at radius 2 is 1.50 bits per heavy atom. The second-order valence-corrected chi connectivity index (χ2v) is 10.6. The molecule has 4 aromatic rings. The lowest BCUT2D eigenvalue weighted by molar-refractivity contribution is -0.123. The van der Waals surface area contributed by atoms with E-state index in [1.807, 2.05) is 48.5 Å². The Morgan fingerprint density at radius 1 is 0.810 bits per heavy atom. The van der Waals surface area contributed by atoms with Crippen molar-refractivity contribution in [3.63, 3.8) is 0 Å². The summed E-state index contributed by atoms with van der Waals surface area (Å²) in [4.78, 5) is 26.3. The van der Waals surface area contributed by atoms with E-state index in [2.05, 4.69) is 40.2 Å². The number of nitrogens with one attached hydrogen (secondary N) is 3. The van der Waals surface area contributed by atoms with E-state index >= 15 is 0 Å². The number of unbranched alkanes of at least 4 members (excludes halogenated alkanes) is 1. The Kier molecular flexibility index (Phi) is 11.3. The summed E-state index contributed by atoms with van der Waals surface area (Å²) in [6.07, 6.45) is 3.33. The van der Waals surface area contributed by atoms with Gasteiger partial charge in [0, 0.05) is 24.1 Å². The molecular weight excluding hydrogens is 549 g/mol. The van der Waals surface area contributed by atoms with Crippen molar-refractivity contribution in [3.05, 3.63) is 132 Å². The van der Waals surface area contributed by atoms with Crippen LogP contribution < -0.4 is 16.0 Å². The third-order valence-corrected chi connectivity index (χ3v) is 7.58. The predicted octanol–water partition coefficient (Wildman–Crippen LogP) is 6.65. The molecule has 1 unspecified atom stereocenters. The van der Waals surface area contributed by atoms with Crippen molar-refractivity contribution in [2.45, 2.75) is 50.2 Å². The summed E-state index contributed by atoms with van der Waals surface area (Å²) >= 11 is 0. The molecule has 1 saturated carbocycles. The van der Waals surface area contributed by atoms with E-state index in [-0.39, 0.29) is 36.6 Å². The molecule has 0 aromatic heterocycles. The minimum atomic E-state index is -0.692. The molecule has 42 heavy (non-hydrogen) atoms. The number of hydrogen-bond donors (Lipinski definition) is 3. The van der Waals surface area contributed by atoms with Gasteiger partial charge in [0.15, 0.2) is 0 Å². The second kappa shape index (κ2) is 15.3. The molecule has 3 N–H and O–H groups in total.